The molecule has 0 saturated heterocycles. The molecule has 3 aromatic rings. The van der Waals surface area contributed by atoms with Gasteiger partial charge in [0, 0.05) is 24.0 Å². The lowest BCUT2D eigenvalue weighted by Crippen LogP contribution is -2.14. The lowest BCUT2D eigenvalue weighted by atomic mass is 10.1. The third-order valence-corrected chi connectivity index (χ3v) is 3.57. The van der Waals surface area contributed by atoms with Gasteiger partial charge in [0.15, 0.2) is 0 Å². The minimum atomic E-state index is -0.536. The van der Waals surface area contributed by atoms with Gasteiger partial charge in [-0.3, -0.25) is 4.79 Å². The first-order chi connectivity index (χ1) is 12.5. The standard InChI is InChI=1S/C18H15F2N5O/c19-12-3-6-16(24-10-12)18(26)25-13-4-5-14(20)11(8-13)9-23-15-2-1-7-22-17(15)21/h1-8,10,23H,9H2,(H2,21,22)(H,25,26). The van der Waals surface area contributed by atoms with Gasteiger partial charge < -0.3 is 16.4 Å². The molecule has 8 heteroatoms. The van der Waals surface area contributed by atoms with E-state index in [1.807, 2.05) is 0 Å². The van der Waals surface area contributed by atoms with Crippen molar-refractivity contribution in [1.29, 1.82) is 0 Å². The molecular weight excluding hydrogens is 340 g/mol. The Morgan fingerprint density at radius 2 is 1.96 bits per heavy atom. The Bertz CT molecular complexity index is 931. The molecule has 0 aliphatic heterocycles. The molecule has 2 aromatic heterocycles. The number of hydrogen-bond donors (Lipinski definition) is 3. The van der Waals surface area contributed by atoms with Gasteiger partial charge in [-0.2, -0.15) is 0 Å². The Kier molecular flexibility index (Phi) is 5.02. The number of nitrogens with zero attached hydrogens (tertiary/aromatic N) is 2. The summed E-state index contributed by atoms with van der Waals surface area (Å²) in [4.78, 5) is 19.8. The molecule has 0 radical (unpaired) electrons. The molecule has 0 bridgehead atoms. The summed E-state index contributed by atoms with van der Waals surface area (Å²) >= 11 is 0. The highest BCUT2D eigenvalue weighted by atomic mass is 19.1. The second-order valence-corrected chi connectivity index (χ2v) is 5.41. The number of carbonyl (C=O) groups is 1. The first kappa shape index (κ1) is 17.3. The largest absolute Gasteiger partial charge is 0.382 e. The highest BCUT2D eigenvalue weighted by molar-refractivity contribution is 6.02. The fraction of sp³-hybridized carbons (Fsp3) is 0.0556. The molecule has 6 nitrogen and oxygen atoms in total. The van der Waals surface area contributed by atoms with Crippen LogP contribution in [0.2, 0.25) is 0 Å². The number of benzene rings is 1. The highest BCUT2D eigenvalue weighted by Gasteiger charge is 2.10. The van der Waals surface area contributed by atoms with Crippen LogP contribution in [-0.4, -0.2) is 15.9 Å². The molecule has 132 valence electrons. The zero-order valence-corrected chi connectivity index (χ0v) is 13.5. The van der Waals surface area contributed by atoms with Crippen LogP contribution in [0.15, 0.2) is 54.9 Å². The van der Waals surface area contributed by atoms with Crippen LogP contribution < -0.4 is 16.4 Å². The second kappa shape index (κ2) is 7.56. The predicted molar refractivity (Wildman–Crippen MR) is 94.5 cm³/mol. The maximum atomic E-state index is 14.0. The third-order valence-electron chi connectivity index (χ3n) is 3.57. The maximum Gasteiger partial charge on any atom is 0.274 e. The summed E-state index contributed by atoms with van der Waals surface area (Å²) in [5.41, 5.74) is 7.09. The van der Waals surface area contributed by atoms with E-state index in [1.165, 1.54) is 24.3 Å². The van der Waals surface area contributed by atoms with Crippen LogP contribution >= 0.6 is 0 Å². The summed E-state index contributed by atoms with van der Waals surface area (Å²) in [7, 11) is 0. The van der Waals surface area contributed by atoms with E-state index in [0.717, 1.165) is 12.3 Å². The maximum absolute atomic E-state index is 14.0. The van der Waals surface area contributed by atoms with Crippen LogP contribution in [-0.2, 0) is 6.54 Å². The van der Waals surface area contributed by atoms with E-state index in [1.54, 1.807) is 18.3 Å². The van der Waals surface area contributed by atoms with Crippen molar-refractivity contribution in [1.82, 2.24) is 9.97 Å². The molecule has 0 atom stereocenters. The number of nitrogens with one attached hydrogen (secondary N) is 2. The monoisotopic (exact) mass is 355 g/mol. The molecule has 0 aliphatic rings. The average Bonchev–Trinajstić information content (AvgIpc) is 2.64. The Balaban J connectivity index is 1.72. The topological polar surface area (TPSA) is 92.9 Å². The molecule has 1 aromatic carbocycles. The van der Waals surface area contributed by atoms with Crippen molar-refractivity contribution < 1.29 is 13.6 Å². The normalized spacial score (nSPS) is 10.4. The van der Waals surface area contributed by atoms with E-state index in [2.05, 4.69) is 20.6 Å². The number of hydrogen-bond acceptors (Lipinski definition) is 5. The van der Waals surface area contributed by atoms with Crippen molar-refractivity contribution in [3.8, 4) is 0 Å². The van der Waals surface area contributed by atoms with Crippen molar-refractivity contribution in [3.63, 3.8) is 0 Å². The molecule has 3 rings (SSSR count). The summed E-state index contributed by atoms with van der Waals surface area (Å²) in [6.45, 7) is 0.153. The van der Waals surface area contributed by atoms with E-state index in [0.29, 0.717) is 22.8 Å². The minimum absolute atomic E-state index is 0.0542. The molecule has 0 saturated carbocycles. The summed E-state index contributed by atoms with van der Waals surface area (Å²) < 4.78 is 26.9. The van der Waals surface area contributed by atoms with Crippen LogP contribution in [0.3, 0.4) is 0 Å². The molecule has 0 unspecified atom stereocenters. The molecule has 0 spiro atoms. The molecule has 2 heterocycles. The van der Waals surface area contributed by atoms with Crippen molar-refractivity contribution >= 4 is 23.1 Å². The molecular formula is C18H15F2N5O. The Morgan fingerprint density at radius 3 is 2.69 bits per heavy atom. The minimum Gasteiger partial charge on any atom is -0.382 e. The van der Waals surface area contributed by atoms with E-state index < -0.39 is 17.5 Å². The number of nitrogens with two attached hydrogens (primary N) is 1. The quantitative estimate of drug-likeness (QED) is 0.654. The number of halogens is 2. The van der Waals surface area contributed by atoms with Gasteiger partial charge in [0.05, 0.1) is 11.9 Å². The van der Waals surface area contributed by atoms with Gasteiger partial charge in [0.1, 0.15) is 23.1 Å². The Morgan fingerprint density at radius 1 is 1.12 bits per heavy atom. The zero-order valence-electron chi connectivity index (χ0n) is 13.5. The molecule has 26 heavy (non-hydrogen) atoms. The second-order valence-electron chi connectivity index (χ2n) is 5.41. The van der Waals surface area contributed by atoms with E-state index in [9.17, 15) is 13.6 Å². The number of rotatable bonds is 5. The first-order valence-electron chi connectivity index (χ1n) is 7.68. The number of anilines is 3. The summed E-state index contributed by atoms with van der Waals surface area (Å²) in [5, 5.41) is 5.59. The predicted octanol–water partition coefficient (Wildman–Crippen LogP) is 3.20. The van der Waals surface area contributed by atoms with Crippen LogP contribution in [0.1, 0.15) is 16.1 Å². The SMILES string of the molecule is Nc1ncccc1NCc1cc(NC(=O)c2ccc(F)cn2)ccc1F. The summed E-state index contributed by atoms with van der Waals surface area (Å²) in [5.74, 6) is -1.18. The lowest BCUT2D eigenvalue weighted by Gasteiger charge is -2.11. The highest BCUT2D eigenvalue weighted by Crippen LogP contribution is 2.19. The zero-order chi connectivity index (χ0) is 18.5. The van der Waals surface area contributed by atoms with Crippen LogP contribution in [0.25, 0.3) is 0 Å². The van der Waals surface area contributed by atoms with E-state index in [-0.39, 0.29) is 12.2 Å². The van der Waals surface area contributed by atoms with Gasteiger partial charge in [0.2, 0.25) is 0 Å². The summed E-state index contributed by atoms with van der Waals surface area (Å²) in [6.07, 6.45) is 2.51. The number of nitrogen functional groups attached to an aromatic ring is 1. The van der Waals surface area contributed by atoms with Crippen LogP contribution in [0, 0.1) is 11.6 Å². The van der Waals surface area contributed by atoms with Crippen molar-refractivity contribution in [2.24, 2.45) is 0 Å². The summed E-state index contributed by atoms with van der Waals surface area (Å²) in [6, 6.07) is 10.0. The molecule has 0 aliphatic carbocycles. The Labute approximate surface area is 148 Å². The third kappa shape index (κ3) is 4.10. The average molecular weight is 355 g/mol. The van der Waals surface area contributed by atoms with E-state index >= 15 is 0 Å². The first-order valence-corrected chi connectivity index (χ1v) is 7.68. The van der Waals surface area contributed by atoms with Gasteiger partial charge in [-0.1, -0.05) is 0 Å². The molecule has 0 fully saturated rings. The van der Waals surface area contributed by atoms with Crippen molar-refractivity contribution in [2.45, 2.75) is 6.54 Å². The smallest absolute Gasteiger partial charge is 0.274 e. The van der Waals surface area contributed by atoms with Gasteiger partial charge in [-0.15, -0.1) is 0 Å². The fourth-order valence-electron chi connectivity index (χ4n) is 2.25. The molecule has 4 N–H and O–H groups in total. The van der Waals surface area contributed by atoms with E-state index in [4.69, 9.17) is 5.73 Å². The van der Waals surface area contributed by atoms with Gasteiger partial charge in [-0.05, 0) is 42.5 Å². The van der Waals surface area contributed by atoms with Gasteiger partial charge in [-0.25, -0.2) is 18.7 Å². The number of carbonyl (C=O) groups excluding carboxylic acids is 1. The van der Waals surface area contributed by atoms with Gasteiger partial charge in [0.25, 0.3) is 5.91 Å². The number of amides is 1. The number of pyridine rings is 2. The molecule has 1 amide bonds. The van der Waals surface area contributed by atoms with Gasteiger partial charge >= 0.3 is 0 Å². The Hall–Kier alpha value is -3.55. The van der Waals surface area contributed by atoms with Crippen LogP contribution in [0.5, 0.6) is 0 Å². The van der Waals surface area contributed by atoms with Crippen molar-refractivity contribution in [2.75, 3.05) is 16.4 Å². The number of aromatic nitrogens is 2. The lowest BCUT2D eigenvalue weighted by molar-refractivity contribution is 0.102. The van der Waals surface area contributed by atoms with Crippen molar-refractivity contribution in [3.05, 3.63) is 77.8 Å². The van der Waals surface area contributed by atoms with Crippen LogP contribution in [0.4, 0.5) is 26.0 Å². The fourth-order valence-corrected chi connectivity index (χ4v) is 2.25.